The first-order valence-electron chi connectivity index (χ1n) is 9.06. The number of esters is 1. The molecule has 0 unspecified atom stereocenters. The number of rotatable bonds is 8. The summed E-state index contributed by atoms with van der Waals surface area (Å²) in [7, 11) is 0. The maximum absolute atomic E-state index is 11.3. The summed E-state index contributed by atoms with van der Waals surface area (Å²) in [5.74, 6) is 0.276. The predicted octanol–water partition coefficient (Wildman–Crippen LogP) is 4.17. The molecule has 3 aromatic rings. The minimum absolute atomic E-state index is 0.114. The molecule has 0 bridgehead atoms. The van der Waals surface area contributed by atoms with Gasteiger partial charge in [0.05, 0.1) is 0 Å². The molecule has 3 rings (SSSR count). The van der Waals surface area contributed by atoms with Crippen LogP contribution in [0.2, 0.25) is 0 Å². The van der Waals surface area contributed by atoms with Gasteiger partial charge in [-0.15, -0.1) is 0 Å². The van der Waals surface area contributed by atoms with E-state index in [-0.39, 0.29) is 18.9 Å². The Labute approximate surface area is 169 Å². The number of carbonyl (C=O) groups is 1. The van der Waals surface area contributed by atoms with Crippen LogP contribution < -0.4 is 9.47 Å². The van der Waals surface area contributed by atoms with Crippen LogP contribution in [-0.4, -0.2) is 11.0 Å². The number of nitrogens with zero attached hydrogens (tertiary/aromatic N) is 2. The van der Waals surface area contributed by atoms with Gasteiger partial charge < -0.3 is 14.2 Å². The number of aromatic nitrogens is 1. The van der Waals surface area contributed by atoms with Crippen LogP contribution in [0.15, 0.2) is 66.7 Å². The molecule has 0 aliphatic heterocycles. The van der Waals surface area contributed by atoms with Gasteiger partial charge in [0.25, 0.3) is 0 Å². The van der Waals surface area contributed by atoms with E-state index in [0.717, 1.165) is 11.1 Å². The van der Waals surface area contributed by atoms with Gasteiger partial charge in [0.15, 0.2) is 11.5 Å². The van der Waals surface area contributed by atoms with E-state index >= 15 is 0 Å². The molecule has 0 saturated carbocycles. The standard InChI is InChI=1S/C23H20N2O4/c1-17(26)27-16-21-23(29-15-19-10-6-3-7-11-19)22(12-20(13-24)25-21)28-14-18-8-4-2-5-9-18/h2-12H,14-16H2,1H3. The molecule has 0 atom stereocenters. The third-order valence-electron chi connectivity index (χ3n) is 4.00. The lowest BCUT2D eigenvalue weighted by molar-refractivity contribution is -0.142. The third-order valence-corrected chi connectivity index (χ3v) is 4.00. The molecule has 0 amide bonds. The van der Waals surface area contributed by atoms with E-state index in [0.29, 0.717) is 23.8 Å². The zero-order chi connectivity index (χ0) is 20.5. The van der Waals surface area contributed by atoms with Crippen molar-refractivity contribution in [1.29, 1.82) is 5.26 Å². The Morgan fingerprint density at radius 2 is 1.52 bits per heavy atom. The number of hydrogen-bond donors (Lipinski definition) is 0. The van der Waals surface area contributed by atoms with Gasteiger partial charge in [-0.1, -0.05) is 60.7 Å². The summed E-state index contributed by atoms with van der Waals surface area (Å²) in [6, 6.07) is 22.8. The van der Waals surface area contributed by atoms with Crippen LogP contribution >= 0.6 is 0 Å². The lowest BCUT2D eigenvalue weighted by Gasteiger charge is -2.16. The Morgan fingerprint density at radius 3 is 2.07 bits per heavy atom. The molecule has 146 valence electrons. The third kappa shape index (κ3) is 5.81. The molecule has 6 heteroatoms. The average molecular weight is 388 g/mol. The van der Waals surface area contributed by atoms with Crippen LogP contribution in [0.25, 0.3) is 0 Å². The first-order chi connectivity index (χ1) is 14.2. The molecular weight excluding hydrogens is 368 g/mol. The van der Waals surface area contributed by atoms with Gasteiger partial charge in [-0.3, -0.25) is 4.79 Å². The van der Waals surface area contributed by atoms with Gasteiger partial charge in [0.2, 0.25) is 0 Å². The van der Waals surface area contributed by atoms with Gasteiger partial charge in [-0.05, 0) is 11.1 Å². The van der Waals surface area contributed by atoms with Crippen molar-refractivity contribution >= 4 is 5.97 Å². The second-order valence-electron chi connectivity index (χ2n) is 6.22. The number of carbonyl (C=O) groups excluding carboxylic acids is 1. The number of ether oxygens (including phenoxy) is 3. The van der Waals surface area contributed by atoms with Crippen LogP contribution in [0.3, 0.4) is 0 Å². The van der Waals surface area contributed by atoms with E-state index in [1.165, 1.54) is 13.0 Å². The second kappa shape index (κ2) is 9.90. The largest absolute Gasteiger partial charge is 0.485 e. The van der Waals surface area contributed by atoms with Crippen LogP contribution in [0.1, 0.15) is 29.4 Å². The fraction of sp³-hybridized carbons (Fsp3) is 0.174. The first-order valence-corrected chi connectivity index (χ1v) is 9.06. The number of benzene rings is 2. The minimum atomic E-state index is -0.449. The van der Waals surface area contributed by atoms with Crippen molar-refractivity contribution in [3.05, 3.63) is 89.2 Å². The molecule has 0 spiro atoms. The monoisotopic (exact) mass is 388 g/mol. The molecule has 1 heterocycles. The summed E-state index contributed by atoms with van der Waals surface area (Å²) in [6.07, 6.45) is 0. The highest BCUT2D eigenvalue weighted by molar-refractivity contribution is 5.66. The average Bonchev–Trinajstić information content (AvgIpc) is 2.76. The van der Waals surface area contributed by atoms with Crippen molar-refractivity contribution in [3.8, 4) is 17.6 Å². The number of pyridine rings is 1. The number of nitriles is 1. The smallest absolute Gasteiger partial charge is 0.303 e. The molecule has 1 aromatic heterocycles. The summed E-state index contributed by atoms with van der Waals surface area (Å²) in [5, 5.41) is 9.33. The van der Waals surface area contributed by atoms with E-state index in [9.17, 15) is 10.1 Å². The van der Waals surface area contributed by atoms with Crippen LogP contribution in [0.5, 0.6) is 11.5 Å². The lowest BCUT2D eigenvalue weighted by Crippen LogP contribution is -2.08. The highest BCUT2D eigenvalue weighted by atomic mass is 16.5. The van der Waals surface area contributed by atoms with E-state index in [4.69, 9.17) is 14.2 Å². The SMILES string of the molecule is CC(=O)OCc1nc(C#N)cc(OCc2ccccc2)c1OCc1ccccc1. The van der Waals surface area contributed by atoms with Crippen LogP contribution in [-0.2, 0) is 29.4 Å². The Balaban J connectivity index is 1.90. The van der Waals surface area contributed by atoms with Crippen molar-refractivity contribution in [3.63, 3.8) is 0 Å². The highest BCUT2D eigenvalue weighted by Crippen LogP contribution is 2.33. The van der Waals surface area contributed by atoms with E-state index in [1.54, 1.807) is 0 Å². The zero-order valence-electron chi connectivity index (χ0n) is 16.0. The quantitative estimate of drug-likeness (QED) is 0.539. The van der Waals surface area contributed by atoms with Gasteiger partial charge >= 0.3 is 5.97 Å². The van der Waals surface area contributed by atoms with Crippen LogP contribution in [0, 0.1) is 11.3 Å². The summed E-state index contributed by atoms with van der Waals surface area (Å²) in [5.41, 5.74) is 2.42. The van der Waals surface area contributed by atoms with Crippen molar-refractivity contribution in [1.82, 2.24) is 4.98 Å². The van der Waals surface area contributed by atoms with E-state index in [1.807, 2.05) is 66.7 Å². The summed E-state index contributed by atoms with van der Waals surface area (Å²) in [6.45, 7) is 1.77. The summed E-state index contributed by atoms with van der Waals surface area (Å²) < 4.78 is 17.0. The molecule has 0 aliphatic carbocycles. The van der Waals surface area contributed by atoms with Gasteiger partial charge in [-0.25, -0.2) is 4.98 Å². The zero-order valence-corrected chi connectivity index (χ0v) is 16.0. The molecule has 0 fully saturated rings. The Kier molecular flexibility index (Phi) is 6.80. The normalized spacial score (nSPS) is 10.1. The lowest BCUT2D eigenvalue weighted by atomic mass is 10.2. The first kappa shape index (κ1) is 19.9. The van der Waals surface area contributed by atoms with Crippen LogP contribution in [0.4, 0.5) is 0 Å². The van der Waals surface area contributed by atoms with Crippen molar-refractivity contribution < 1.29 is 19.0 Å². The Hall–Kier alpha value is -3.85. The maximum Gasteiger partial charge on any atom is 0.303 e. The predicted molar refractivity (Wildman–Crippen MR) is 106 cm³/mol. The fourth-order valence-corrected chi connectivity index (χ4v) is 2.61. The Morgan fingerprint density at radius 1 is 0.931 bits per heavy atom. The van der Waals surface area contributed by atoms with E-state index in [2.05, 4.69) is 4.98 Å². The van der Waals surface area contributed by atoms with Crippen molar-refractivity contribution in [2.24, 2.45) is 0 Å². The summed E-state index contributed by atoms with van der Waals surface area (Å²) >= 11 is 0. The molecule has 0 aliphatic rings. The highest BCUT2D eigenvalue weighted by Gasteiger charge is 2.17. The maximum atomic E-state index is 11.3. The topological polar surface area (TPSA) is 81.4 Å². The molecule has 0 N–H and O–H groups in total. The Bertz CT molecular complexity index is 999. The number of hydrogen-bond acceptors (Lipinski definition) is 6. The molecular formula is C23H20N2O4. The molecule has 0 saturated heterocycles. The second-order valence-corrected chi connectivity index (χ2v) is 6.22. The molecule has 2 aromatic carbocycles. The van der Waals surface area contributed by atoms with Gasteiger partial charge in [0, 0.05) is 13.0 Å². The minimum Gasteiger partial charge on any atom is -0.485 e. The van der Waals surface area contributed by atoms with Gasteiger partial charge in [-0.2, -0.15) is 5.26 Å². The van der Waals surface area contributed by atoms with E-state index < -0.39 is 5.97 Å². The molecule has 29 heavy (non-hydrogen) atoms. The van der Waals surface area contributed by atoms with Crippen molar-refractivity contribution in [2.45, 2.75) is 26.7 Å². The van der Waals surface area contributed by atoms with Crippen molar-refractivity contribution in [2.75, 3.05) is 0 Å². The summed E-state index contributed by atoms with van der Waals surface area (Å²) in [4.78, 5) is 15.5. The molecule has 0 radical (unpaired) electrons. The molecule has 6 nitrogen and oxygen atoms in total. The van der Waals surface area contributed by atoms with Gasteiger partial charge in [0.1, 0.15) is 37.3 Å². The fourth-order valence-electron chi connectivity index (χ4n) is 2.61.